The molecule has 3 nitrogen and oxygen atoms in total. The summed E-state index contributed by atoms with van der Waals surface area (Å²) in [5, 5.41) is 0. The highest BCUT2D eigenvalue weighted by molar-refractivity contribution is 5.81. The molecule has 0 rings (SSSR count). The van der Waals surface area contributed by atoms with Crippen molar-refractivity contribution >= 4 is 5.97 Å². The second-order valence-electron chi connectivity index (χ2n) is 4.03. The van der Waals surface area contributed by atoms with Gasteiger partial charge in [0.05, 0.1) is 34.3 Å². The zero-order valence-corrected chi connectivity index (χ0v) is 11.6. The zero-order chi connectivity index (χ0) is 10.3. The Hall–Kier alpha value is -0.100. The van der Waals surface area contributed by atoms with Gasteiger partial charge in [0.15, 0.2) is 0 Å². The number of esters is 1. The normalized spacial score (nSPS) is 11.1. The summed E-state index contributed by atoms with van der Waals surface area (Å²) in [7, 11) is 6.36. The number of ether oxygens (including phenoxy) is 1. The van der Waals surface area contributed by atoms with Crippen LogP contribution < -0.4 is 24.0 Å². The van der Waals surface area contributed by atoms with Crippen molar-refractivity contribution in [2.75, 3.05) is 34.3 Å². The minimum Gasteiger partial charge on any atom is -1.00 e. The van der Waals surface area contributed by atoms with Gasteiger partial charge in [-0.2, -0.15) is 0 Å². The number of nitrogens with zero attached hydrogens (tertiary/aromatic N) is 1. The van der Waals surface area contributed by atoms with E-state index in [0.717, 1.165) is 17.4 Å². The second kappa shape index (κ2) is 8.23. The van der Waals surface area contributed by atoms with E-state index >= 15 is 0 Å². The zero-order valence-electron chi connectivity index (χ0n) is 9.42. The van der Waals surface area contributed by atoms with Gasteiger partial charge in [0, 0.05) is 12.5 Å². The Bertz CT molecular complexity index is 185. The smallest absolute Gasteiger partial charge is 0.330 e. The van der Waals surface area contributed by atoms with Crippen molar-refractivity contribution in [3.8, 4) is 0 Å². The lowest BCUT2D eigenvalue weighted by Crippen LogP contribution is -3.00. The molecule has 0 aromatic rings. The highest BCUT2D eigenvalue weighted by Gasteiger charge is 2.06. The summed E-state index contributed by atoms with van der Waals surface area (Å²) >= 11 is 0. The van der Waals surface area contributed by atoms with Gasteiger partial charge in [-0.15, -0.1) is 0 Å². The van der Waals surface area contributed by atoms with Crippen LogP contribution in [0.5, 0.6) is 0 Å². The van der Waals surface area contributed by atoms with Crippen molar-refractivity contribution in [1.29, 1.82) is 0 Å². The third-order valence-electron chi connectivity index (χ3n) is 1.52. The van der Waals surface area contributed by atoms with Crippen LogP contribution in [0.3, 0.4) is 0 Å². The number of hydrogen-bond acceptors (Lipinski definition) is 2. The number of rotatable bonds is 5. The first kappa shape index (κ1) is 16.3. The Morgan fingerprint density at radius 2 is 1.93 bits per heavy atom. The van der Waals surface area contributed by atoms with E-state index in [1.54, 1.807) is 13.0 Å². The monoisotopic (exact) mass is 313 g/mol. The Morgan fingerprint density at radius 3 is 2.36 bits per heavy atom. The summed E-state index contributed by atoms with van der Waals surface area (Å²) in [5.74, 6) is -0.246. The number of allylic oxidation sites excluding steroid dienone is 1. The Kier molecular flexibility index (Phi) is 9.60. The third-order valence-corrected chi connectivity index (χ3v) is 1.52. The van der Waals surface area contributed by atoms with Crippen LogP contribution in [0.2, 0.25) is 0 Å². The van der Waals surface area contributed by atoms with Crippen molar-refractivity contribution in [2.24, 2.45) is 0 Å². The van der Waals surface area contributed by atoms with Crippen LogP contribution in [-0.4, -0.2) is 44.7 Å². The molecule has 0 amide bonds. The summed E-state index contributed by atoms with van der Waals surface area (Å²) in [4.78, 5) is 10.9. The quantitative estimate of drug-likeness (QED) is 0.197. The standard InChI is InChI=1S/C10H20NO2.HI/c1-5-7-10(12)13-9-6-8-11(2,3)4;/h5,7H,6,8-9H2,1-4H3;1H/q+1;/p-1/b7-5+;. The molecule has 0 saturated heterocycles. The molecule has 0 aromatic carbocycles. The largest absolute Gasteiger partial charge is 1.00 e. The first-order chi connectivity index (χ1) is 5.95. The molecule has 0 N–H and O–H groups in total. The predicted molar refractivity (Wildman–Crippen MR) is 53.3 cm³/mol. The topological polar surface area (TPSA) is 26.3 Å². The first-order valence-corrected chi connectivity index (χ1v) is 4.55. The van der Waals surface area contributed by atoms with Gasteiger partial charge >= 0.3 is 5.97 Å². The summed E-state index contributed by atoms with van der Waals surface area (Å²) in [6.07, 6.45) is 4.03. The average Bonchev–Trinajstić information content (AvgIpc) is 1.97. The molecule has 0 saturated carbocycles. The van der Waals surface area contributed by atoms with Crippen LogP contribution in [0.4, 0.5) is 0 Å². The molecule has 0 spiro atoms. The van der Waals surface area contributed by atoms with Crippen molar-refractivity contribution < 1.29 is 38.0 Å². The van der Waals surface area contributed by atoms with E-state index in [1.165, 1.54) is 6.08 Å². The number of carbonyl (C=O) groups excluding carboxylic acids is 1. The van der Waals surface area contributed by atoms with E-state index in [9.17, 15) is 4.79 Å². The Morgan fingerprint density at radius 1 is 1.36 bits per heavy atom. The summed E-state index contributed by atoms with van der Waals surface area (Å²) in [6.45, 7) is 3.33. The maximum atomic E-state index is 10.9. The van der Waals surface area contributed by atoms with E-state index in [1.807, 2.05) is 0 Å². The van der Waals surface area contributed by atoms with E-state index in [4.69, 9.17) is 4.74 Å². The fourth-order valence-electron chi connectivity index (χ4n) is 0.896. The van der Waals surface area contributed by atoms with Crippen molar-refractivity contribution in [2.45, 2.75) is 13.3 Å². The molecular formula is C10H20INO2. The van der Waals surface area contributed by atoms with Crippen LogP contribution in [0, 0.1) is 0 Å². The van der Waals surface area contributed by atoms with E-state index in [0.29, 0.717) is 6.61 Å². The average molecular weight is 313 g/mol. The molecule has 0 heterocycles. The van der Waals surface area contributed by atoms with Crippen molar-refractivity contribution in [1.82, 2.24) is 0 Å². The van der Waals surface area contributed by atoms with Gasteiger partial charge in [0.1, 0.15) is 0 Å². The van der Waals surface area contributed by atoms with Crippen LogP contribution >= 0.6 is 0 Å². The highest BCUT2D eigenvalue weighted by atomic mass is 127. The number of halogens is 1. The van der Waals surface area contributed by atoms with Gasteiger partial charge in [-0.3, -0.25) is 0 Å². The van der Waals surface area contributed by atoms with Gasteiger partial charge in [0.2, 0.25) is 0 Å². The molecule has 0 aliphatic rings. The molecule has 0 fully saturated rings. The molecule has 0 aromatic heterocycles. The van der Waals surface area contributed by atoms with Gasteiger partial charge in [-0.25, -0.2) is 4.79 Å². The molecule has 0 aliphatic carbocycles. The van der Waals surface area contributed by atoms with Gasteiger partial charge < -0.3 is 33.2 Å². The number of hydrogen-bond donors (Lipinski definition) is 0. The lowest BCUT2D eigenvalue weighted by atomic mass is 10.4. The van der Waals surface area contributed by atoms with Gasteiger partial charge in [-0.05, 0) is 6.92 Å². The molecule has 14 heavy (non-hydrogen) atoms. The van der Waals surface area contributed by atoms with Crippen LogP contribution in [0.25, 0.3) is 0 Å². The number of carbonyl (C=O) groups is 1. The van der Waals surface area contributed by atoms with Gasteiger partial charge in [-0.1, -0.05) is 6.08 Å². The highest BCUT2D eigenvalue weighted by Crippen LogP contribution is 1.94. The molecular weight excluding hydrogens is 293 g/mol. The molecule has 84 valence electrons. The molecule has 0 unspecified atom stereocenters. The Labute approximate surface area is 104 Å². The molecule has 0 bridgehead atoms. The molecule has 0 radical (unpaired) electrons. The fraction of sp³-hybridized carbons (Fsp3) is 0.700. The second-order valence-corrected chi connectivity index (χ2v) is 4.03. The summed E-state index contributed by atoms with van der Waals surface area (Å²) < 4.78 is 5.85. The van der Waals surface area contributed by atoms with Crippen LogP contribution in [0.15, 0.2) is 12.2 Å². The van der Waals surface area contributed by atoms with Crippen LogP contribution in [-0.2, 0) is 9.53 Å². The van der Waals surface area contributed by atoms with Crippen LogP contribution in [0.1, 0.15) is 13.3 Å². The minimum atomic E-state index is -0.246. The van der Waals surface area contributed by atoms with Crippen molar-refractivity contribution in [3.63, 3.8) is 0 Å². The molecule has 0 aliphatic heterocycles. The Balaban J connectivity index is 0. The van der Waals surface area contributed by atoms with Gasteiger partial charge in [0.25, 0.3) is 0 Å². The summed E-state index contributed by atoms with van der Waals surface area (Å²) in [5.41, 5.74) is 0. The fourth-order valence-corrected chi connectivity index (χ4v) is 0.896. The van der Waals surface area contributed by atoms with E-state index in [-0.39, 0.29) is 29.9 Å². The molecule has 0 atom stereocenters. The molecule has 4 heteroatoms. The number of quaternary nitrogens is 1. The summed E-state index contributed by atoms with van der Waals surface area (Å²) in [6, 6.07) is 0. The maximum absolute atomic E-state index is 10.9. The maximum Gasteiger partial charge on any atom is 0.330 e. The van der Waals surface area contributed by atoms with E-state index in [2.05, 4.69) is 21.1 Å². The minimum absolute atomic E-state index is 0. The van der Waals surface area contributed by atoms with Crippen molar-refractivity contribution in [3.05, 3.63) is 12.2 Å². The third kappa shape index (κ3) is 11.9. The van der Waals surface area contributed by atoms with E-state index < -0.39 is 0 Å². The lowest BCUT2D eigenvalue weighted by molar-refractivity contribution is -0.870. The predicted octanol–water partition coefficient (Wildman–Crippen LogP) is -1.79. The first-order valence-electron chi connectivity index (χ1n) is 4.55. The lowest BCUT2D eigenvalue weighted by Gasteiger charge is -2.23. The SMILES string of the molecule is C/C=C/C(=O)OCCC[N+](C)(C)C.[I-].